The van der Waals surface area contributed by atoms with Crippen molar-refractivity contribution >= 4 is 22.8 Å². The summed E-state index contributed by atoms with van der Waals surface area (Å²) in [5.74, 6) is -0.838. The van der Waals surface area contributed by atoms with Crippen molar-refractivity contribution in [3.8, 4) is 0 Å². The summed E-state index contributed by atoms with van der Waals surface area (Å²) >= 11 is 5.91. The lowest BCUT2D eigenvalue weighted by Crippen LogP contribution is -2.40. The maximum Gasteiger partial charge on any atom is 0.416 e. The van der Waals surface area contributed by atoms with Crippen LogP contribution in [0.4, 0.5) is 17.6 Å². The van der Waals surface area contributed by atoms with Crippen molar-refractivity contribution in [2.75, 3.05) is 0 Å². The predicted octanol–water partition coefficient (Wildman–Crippen LogP) is 3.17. The second-order valence-corrected chi connectivity index (χ2v) is 8.46. The van der Waals surface area contributed by atoms with Crippen LogP contribution in [-0.2, 0) is 32.2 Å². The Morgan fingerprint density at radius 2 is 1.83 bits per heavy atom. The number of nitrogens with one attached hydrogen (secondary N) is 1. The molecular formula is C21H21ClF4N8O2. The Balaban J connectivity index is 1.50. The van der Waals surface area contributed by atoms with E-state index in [1.54, 1.807) is 0 Å². The number of nitrogens with zero attached hydrogens (tertiary/aromatic N) is 7. The topological polar surface area (TPSA) is 116 Å². The maximum absolute atomic E-state index is 13.5. The van der Waals surface area contributed by atoms with Crippen LogP contribution in [0.3, 0.4) is 0 Å². The van der Waals surface area contributed by atoms with Crippen LogP contribution in [-0.4, -0.2) is 39.3 Å². The number of hydrogen-bond donors (Lipinski definition) is 1. The molecule has 15 heteroatoms. The van der Waals surface area contributed by atoms with Crippen LogP contribution in [0.2, 0.25) is 5.28 Å². The molecule has 4 rings (SSSR count). The number of aryl methyl sites for hydroxylation is 2. The Labute approximate surface area is 205 Å². The third kappa shape index (κ3) is 5.32. The van der Waals surface area contributed by atoms with Crippen molar-refractivity contribution in [3.63, 3.8) is 0 Å². The fourth-order valence-electron chi connectivity index (χ4n) is 3.82. The van der Waals surface area contributed by atoms with Gasteiger partial charge in [0.2, 0.25) is 5.28 Å². The highest BCUT2D eigenvalue weighted by atomic mass is 35.5. The molecule has 0 fully saturated rings. The Morgan fingerprint density at radius 3 is 2.56 bits per heavy atom. The molecule has 0 atom stereocenters. The van der Waals surface area contributed by atoms with E-state index >= 15 is 0 Å². The molecule has 0 amide bonds. The van der Waals surface area contributed by atoms with E-state index in [-0.39, 0.29) is 53.8 Å². The van der Waals surface area contributed by atoms with Gasteiger partial charge in [0.15, 0.2) is 17.0 Å². The molecular weight excluding hydrogens is 508 g/mol. The van der Waals surface area contributed by atoms with Crippen molar-refractivity contribution in [3.05, 3.63) is 67.1 Å². The van der Waals surface area contributed by atoms with Gasteiger partial charge in [-0.15, -0.1) is 10.2 Å². The van der Waals surface area contributed by atoms with Gasteiger partial charge in [-0.1, -0.05) is 13.3 Å². The molecule has 3 aromatic heterocycles. The highest BCUT2D eigenvalue weighted by Crippen LogP contribution is 2.33. The number of hydrogen-bond acceptors (Lipinski definition) is 6. The second kappa shape index (κ2) is 10.2. The molecule has 192 valence electrons. The van der Waals surface area contributed by atoms with E-state index in [4.69, 9.17) is 11.6 Å². The van der Waals surface area contributed by atoms with Crippen LogP contribution >= 0.6 is 11.6 Å². The molecule has 0 saturated carbocycles. The number of halogens is 5. The van der Waals surface area contributed by atoms with Crippen LogP contribution in [0, 0.1) is 5.82 Å². The highest BCUT2D eigenvalue weighted by Gasteiger charge is 2.33. The van der Waals surface area contributed by atoms with E-state index in [1.165, 1.54) is 4.57 Å². The Morgan fingerprint density at radius 1 is 1.08 bits per heavy atom. The molecule has 36 heavy (non-hydrogen) atoms. The Bertz CT molecular complexity index is 1500. The molecule has 4 aromatic rings. The number of aromatic nitrogens is 8. The number of tetrazole rings is 1. The summed E-state index contributed by atoms with van der Waals surface area (Å²) in [5, 5.41) is 11.6. The van der Waals surface area contributed by atoms with E-state index in [0.717, 1.165) is 27.9 Å². The maximum atomic E-state index is 13.5. The van der Waals surface area contributed by atoms with Gasteiger partial charge in [0.25, 0.3) is 5.56 Å². The zero-order chi connectivity index (χ0) is 26.0. The third-order valence-electron chi connectivity index (χ3n) is 5.52. The normalized spacial score (nSPS) is 12.1. The number of alkyl halides is 3. The van der Waals surface area contributed by atoms with Gasteiger partial charge < -0.3 is 4.98 Å². The zero-order valence-electron chi connectivity index (χ0n) is 19.0. The Kier molecular flexibility index (Phi) is 7.24. The first-order valence-corrected chi connectivity index (χ1v) is 11.5. The number of unbranched alkanes of at least 4 members (excludes halogenated alkanes) is 1. The van der Waals surface area contributed by atoms with Crippen LogP contribution in [0.25, 0.3) is 11.2 Å². The molecule has 0 aliphatic rings. The quantitative estimate of drug-likeness (QED) is 0.263. The summed E-state index contributed by atoms with van der Waals surface area (Å²) in [4.78, 5) is 33.7. The summed E-state index contributed by atoms with van der Waals surface area (Å²) < 4.78 is 55.7. The molecule has 0 saturated heterocycles. The first kappa shape index (κ1) is 25.5. The van der Waals surface area contributed by atoms with Gasteiger partial charge in [-0.25, -0.2) is 9.18 Å². The minimum Gasteiger partial charge on any atom is -0.323 e. The van der Waals surface area contributed by atoms with Gasteiger partial charge in [0.05, 0.1) is 12.1 Å². The molecule has 1 aromatic carbocycles. The minimum absolute atomic E-state index is 0.00387. The Hall–Kier alpha value is -3.55. The van der Waals surface area contributed by atoms with Crippen molar-refractivity contribution < 1.29 is 17.6 Å². The fraction of sp³-hybridized carbons (Fsp3) is 0.429. The summed E-state index contributed by atoms with van der Waals surface area (Å²) in [6, 6.07) is 2.20. The third-order valence-corrected chi connectivity index (χ3v) is 5.70. The summed E-state index contributed by atoms with van der Waals surface area (Å²) in [6.07, 6.45) is -3.25. The number of imidazole rings is 1. The smallest absolute Gasteiger partial charge is 0.323 e. The predicted molar refractivity (Wildman–Crippen MR) is 121 cm³/mol. The molecule has 0 spiro atoms. The summed E-state index contributed by atoms with van der Waals surface area (Å²) in [5.41, 5.74) is -2.08. The lowest BCUT2D eigenvalue weighted by molar-refractivity contribution is -0.138. The second-order valence-electron chi connectivity index (χ2n) is 8.10. The molecule has 0 aliphatic heterocycles. The lowest BCUT2D eigenvalue weighted by Gasteiger charge is -2.11. The molecule has 1 N–H and O–H groups in total. The van der Waals surface area contributed by atoms with Gasteiger partial charge >= 0.3 is 11.9 Å². The van der Waals surface area contributed by atoms with Crippen molar-refractivity contribution in [1.29, 1.82) is 0 Å². The number of fused-ring (bicyclic) bond motifs is 1. The van der Waals surface area contributed by atoms with Gasteiger partial charge in [-0.3, -0.25) is 13.9 Å². The number of aromatic amines is 1. The molecule has 0 bridgehead atoms. The number of benzene rings is 1. The SMILES string of the molecule is CCCCn1c(=O)n(CCCn2nnc(Cc3cc(F)ccc3C(F)(F)F)n2)c(=O)c2[nH]c(Cl)nc21. The molecule has 3 heterocycles. The largest absolute Gasteiger partial charge is 0.416 e. The van der Waals surface area contributed by atoms with Gasteiger partial charge in [0.1, 0.15) is 5.82 Å². The average molecular weight is 529 g/mol. The monoisotopic (exact) mass is 528 g/mol. The molecule has 0 unspecified atom stereocenters. The minimum atomic E-state index is -4.66. The number of H-pyrrole nitrogens is 1. The molecule has 0 radical (unpaired) electrons. The zero-order valence-corrected chi connectivity index (χ0v) is 19.8. The van der Waals surface area contributed by atoms with Crippen LogP contribution in [0.5, 0.6) is 0 Å². The fourth-order valence-corrected chi connectivity index (χ4v) is 4.00. The molecule has 10 nitrogen and oxygen atoms in total. The molecule has 0 aliphatic carbocycles. The standard InChI is InChI=1S/C21H21ClF4N8O2/c1-2-3-7-32-17-16(27-19(22)28-17)18(35)33(20(32)36)8-4-9-34-30-15(29-31-34)11-12-10-13(23)5-6-14(12)21(24,25)26/h5-6,10H,2-4,7-9,11H2,1H3,(H,27,28). The van der Waals surface area contributed by atoms with Gasteiger partial charge in [-0.05, 0) is 53.4 Å². The van der Waals surface area contributed by atoms with E-state index in [1.807, 2.05) is 6.92 Å². The van der Waals surface area contributed by atoms with E-state index in [2.05, 4.69) is 25.4 Å². The van der Waals surface area contributed by atoms with Crippen LogP contribution in [0.15, 0.2) is 27.8 Å². The van der Waals surface area contributed by atoms with Crippen LogP contribution in [0.1, 0.15) is 43.1 Å². The highest BCUT2D eigenvalue weighted by molar-refractivity contribution is 6.28. The van der Waals surface area contributed by atoms with Crippen LogP contribution < -0.4 is 11.2 Å². The van der Waals surface area contributed by atoms with Crippen molar-refractivity contribution in [2.24, 2.45) is 0 Å². The van der Waals surface area contributed by atoms with Crippen molar-refractivity contribution in [1.82, 2.24) is 39.3 Å². The average Bonchev–Trinajstić information content (AvgIpc) is 3.41. The summed E-state index contributed by atoms with van der Waals surface area (Å²) in [7, 11) is 0. The van der Waals surface area contributed by atoms with Gasteiger partial charge in [-0.2, -0.15) is 23.0 Å². The van der Waals surface area contributed by atoms with Gasteiger partial charge in [0, 0.05) is 19.5 Å². The first-order chi connectivity index (χ1) is 17.1. The van der Waals surface area contributed by atoms with E-state index in [0.29, 0.717) is 19.0 Å². The van der Waals surface area contributed by atoms with E-state index in [9.17, 15) is 27.2 Å². The number of rotatable bonds is 9. The summed E-state index contributed by atoms with van der Waals surface area (Å²) in [6.45, 7) is 2.48. The lowest BCUT2D eigenvalue weighted by atomic mass is 10.0. The van der Waals surface area contributed by atoms with E-state index < -0.39 is 28.8 Å². The first-order valence-electron chi connectivity index (χ1n) is 11.1. The van der Waals surface area contributed by atoms with Crippen molar-refractivity contribution in [2.45, 2.75) is 58.4 Å².